The zero-order valence-electron chi connectivity index (χ0n) is 16.9. The van der Waals surface area contributed by atoms with E-state index in [4.69, 9.17) is 0 Å². The molecule has 1 atom stereocenters. The van der Waals surface area contributed by atoms with Crippen LogP contribution in [0.4, 0.5) is 0 Å². The summed E-state index contributed by atoms with van der Waals surface area (Å²) in [6.07, 6.45) is 4.69. The van der Waals surface area contributed by atoms with Crippen LogP contribution in [0.3, 0.4) is 0 Å². The van der Waals surface area contributed by atoms with Crippen LogP contribution in [-0.2, 0) is 11.2 Å². The first-order valence-electron chi connectivity index (χ1n) is 10.1. The van der Waals surface area contributed by atoms with Gasteiger partial charge < -0.3 is 10.6 Å². The molecule has 0 unspecified atom stereocenters. The highest BCUT2D eigenvalue weighted by atomic mass is 32.1. The van der Waals surface area contributed by atoms with Crippen LogP contribution in [-0.4, -0.2) is 11.8 Å². The van der Waals surface area contributed by atoms with Crippen molar-refractivity contribution in [3.63, 3.8) is 0 Å². The number of carbonyl (C=O) groups is 2. The Hall–Kier alpha value is -3.18. The van der Waals surface area contributed by atoms with Crippen molar-refractivity contribution in [2.24, 2.45) is 0 Å². The molecule has 152 valence electrons. The third kappa shape index (κ3) is 4.52. The predicted molar refractivity (Wildman–Crippen MR) is 121 cm³/mol. The molecule has 30 heavy (non-hydrogen) atoms. The largest absolute Gasteiger partial charge is 0.344 e. The summed E-state index contributed by atoms with van der Waals surface area (Å²) in [7, 11) is 0. The van der Waals surface area contributed by atoms with Gasteiger partial charge in [-0.05, 0) is 66.5 Å². The van der Waals surface area contributed by atoms with Gasteiger partial charge >= 0.3 is 0 Å². The van der Waals surface area contributed by atoms with Gasteiger partial charge in [-0.1, -0.05) is 48.5 Å². The number of hydrogen-bond acceptors (Lipinski definition) is 3. The standard InChI is InChI=1S/C25H24N2O2S/c1-17-8-2-4-12-20(17)24(28)27-23(16-19-11-7-15-30-19)25(29)26-22-14-6-10-18-9-3-5-13-21(18)22/h2-5,7-9,11-13,15-16,22H,6,10,14H2,1H3,(H,26,29)(H,27,28)/b23-16-/t22-/m1/s1. The first-order valence-corrected chi connectivity index (χ1v) is 11.0. The van der Waals surface area contributed by atoms with Crippen molar-refractivity contribution in [1.29, 1.82) is 0 Å². The number of benzene rings is 2. The van der Waals surface area contributed by atoms with Crippen LogP contribution < -0.4 is 10.6 Å². The van der Waals surface area contributed by atoms with Gasteiger partial charge in [-0.2, -0.15) is 0 Å². The van der Waals surface area contributed by atoms with Crippen LogP contribution in [0.5, 0.6) is 0 Å². The maximum absolute atomic E-state index is 13.2. The molecule has 3 aromatic rings. The van der Waals surface area contributed by atoms with Crippen LogP contribution in [0.25, 0.3) is 6.08 Å². The lowest BCUT2D eigenvalue weighted by molar-refractivity contribution is -0.118. The molecule has 1 aliphatic carbocycles. The van der Waals surface area contributed by atoms with Crippen LogP contribution in [0.1, 0.15) is 50.8 Å². The highest BCUT2D eigenvalue weighted by Crippen LogP contribution is 2.29. The average molecular weight is 417 g/mol. The van der Waals surface area contributed by atoms with Gasteiger partial charge in [0, 0.05) is 10.4 Å². The third-order valence-corrected chi connectivity index (χ3v) is 6.21. The fraction of sp³-hybridized carbons (Fsp3) is 0.200. The number of amides is 2. The Bertz CT molecular complexity index is 1090. The molecule has 0 radical (unpaired) electrons. The predicted octanol–water partition coefficient (Wildman–Crippen LogP) is 5.02. The second-order valence-electron chi connectivity index (χ2n) is 7.46. The molecule has 4 rings (SSSR count). The number of thiophene rings is 1. The van der Waals surface area contributed by atoms with Gasteiger partial charge in [0.25, 0.3) is 11.8 Å². The quantitative estimate of drug-likeness (QED) is 0.574. The van der Waals surface area contributed by atoms with Gasteiger partial charge in [-0.15, -0.1) is 11.3 Å². The molecule has 1 aliphatic rings. The SMILES string of the molecule is Cc1ccccc1C(=O)N/C(=C\c1cccs1)C(=O)N[C@@H]1CCCc2ccccc21. The third-order valence-electron chi connectivity index (χ3n) is 5.39. The van der Waals surface area contributed by atoms with E-state index in [0.717, 1.165) is 35.3 Å². The summed E-state index contributed by atoms with van der Waals surface area (Å²) >= 11 is 1.52. The molecule has 1 aromatic heterocycles. The number of carbonyl (C=O) groups excluding carboxylic acids is 2. The van der Waals surface area contributed by atoms with E-state index in [1.165, 1.54) is 16.9 Å². The Morgan fingerprint density at radius 2 is 1.83 bits per heavy atom. The Morgan fingerprint density at radius 3 is 2.63 bits per heavy atom. The second kappa shape index (κ2) is 9.09. The summed E-state index contributed by atoms with van der Waals surface area (Å²) in [5.41, 5.74) is 4.13. The van der Waals surface area contributed by atoms with E-state index in [9.17, 15) is 9.59 Å². The van der Waals surface area contributed by atoms with Crippen molar-refractivity contribution in [2.75, 3.05) is 0 Å². The Balaban J connectivity index is 1.58. The number of aryl methyl sites for hydroxylation is 2. The highest BCUT2D eigenvalue weighted by Gasteiger charge is 2.24. The van der Waals surface area contributed by atoms with E-state index in [1.54, 1.807) is 12.1 Å². The zero-order valence-corrected chi connectivity index (χ0v) is 17.7. The smallest absolute Gasteiger partial charge is 0.268 e. The van der Waals surface area contributed by atoms with Crippen molar-refractivity contribution in [3.05, 3.63) is 98.9 Å². The Morgan fingerprint density at radius 1 is 1.03 bits per heavy atom. The minimum Gasteiger partial charge on any atom is -0.344 e. The fourth-order valence-electron chi connectivity index (χ4n) is 3.83. The molecule has 2 aromatic carbocycles. The van der Waals surface area contributed by atoms with Crippen molar-refractivity contribution in [2.45, 2.75) is 32.2 Å². The maximum Gasteiger partial charge on any atom is 0.268 e. The molecule has 0 fully saturated rings. The lowest BCUT2D eigenvalue weighted by Crippen LogP contribution is -2.38. The first-order chi connectivity index (χ1) is 14.6. The Labute approximate surface area is 180 Å². The molecule has 2 N–H and O–H groups in total. The van der Waals surface area contributed by atoms with Gasteiger partial charge in [-0.3, -0.25) is 9.59 Å². The van der Waals surface area contributed by atoms with Crippen LogP contribution in [0, 0.1) is 6.92 Å². The number of rotatable bonds is 5. The van der Waals surface area contributed by atoms with E-state index in [0.29, 0.717) is 5.56 Å². The van der Waals surface area contributed by atoms with Gasteiger partial charge in [0.1, 0.15) is 5.70 Å². The van der Waals surface area contributed by atoms with E-state index < -0.39 is 0 Å². The number of hydrogen-bond donors (Lipinski definition) is 2. The summed E-state index contributed by atoms with van der Waals surface area (Å²) in [6.45, 7) is 1.89. The minimum atomic E-state index is -0.282. The molecule has 0 bridgehead atoms. The molecule has 0 spiro atoms. The second-order valence-corrected chi connectivity index (χ2v) is 8.44. The number of fused-ring (bicyclic) bond motifs is 1. The zero-order chi connectivity index (χ0) is 20.9. The van der Waals surface area contributed by atoms with Gasteiger partial charge in [0.05, 0.1) is 6.04 Å². The monoisotopic (exact) mass is 416 g/mol. The van der Waals surface area contributed by atoms with Gasteiger partial charge in [-0.25, -0.2) is 0 Å². The van der Waals surface area contributed by atoms with Crippen LogP contribution >= 0.6 is 11.3 Å². The minimum absolute atomic E-state index is 0.0513. The van der Waals surface area contributed by atoms with Crippen molar-refractivity contribution in [1.82, 2.24) is 10.6 Å². The molecular weight excluding hydrogens is 392 g/mol. The molecule has 0 aliphatic heterocycles. The molecular formula is C25H24N2O2S. The van der Waals surface area contributed by atoms with E-state index in [-0.39, 0.29) is 23.6 Å². The molecule has 5 heteroatoms. The Kier molecular flexibility index (Phi) is 6.10. The highest BCUT2D eigenvalue weighted by molar-refractivity contribution is 7.10. The molecule has 0 saturated heterocycles. The van der Waals surface area contributed by atoms with Gasteiger partial charge in [0.2, 0.25) is 0 Å². The first kappa shape index (κ1) is 20.1. The van der Waals surface area contributed by atoms with Crippen molar-refractivity contribution in [3.8, 4) is 0 Å². The van der Waals surface area contributed by atoms with E-state index in [1.807, 2.05) is 54.8 Å². The fourth-order valence-corrected chi connectivity index (χ4v) is 4.49. The van der Waals surface area contributed by atoms with Gasteiger partial charge in [0.15, 0.2) is 0 Å². The molecule has 2 amide bonds. The lowest BCUT2D eigenvalue weighted by Gasteiger charge is -2.26. The topological polar surface area (TPSA) is 58.2 Å². The summed E-state index contributed by atoms with van der Waals surface area (Å²) in [4.78, 5) is 27.0. The molecule has 0 saturated carbocycles. The van der Waals surface area contributed by atoms with E-state index >= 15 is 0 Å². The normalized spacial score (nSPS) is 15.9. The molecule has 1 heterocycles. The summed E-state index contributed by atoms with van der Waals surface area (Å²) < 4.78 is 0. The summed E-state index contributed by atoms with van der Waals surface area (Å²) in [5.74, 6) is -0.554. The van der Waals surface area contributed by atoms with E-state index in [2.05, 4.69) is 22.8 Å². The maximum atomic E-state index is 13.2. The summed E-state index contributed by atoms with van der Waals surface area (Å²) in [6, 6.07) is 19.4. The average Bonchev–Trinajstić information content (AvgIpc) is 3.27. The number of nitrogens with one attached hydrogen (secondary N) is 2. The van der Waals surface area contributed by atoms with Crippen molar-refractivity contribution >= 4 is 29.2 Å². The van der Waals surface area contributed by atoms with Crippen molar-refractivity contribution < 1.29 is 9.59 Å². The van der Waals surface area contributed by atoms with Crippen LogP contribution in [0.2, 0.25) is 0 Å². The lowest BCUT2D eigenvalue weighted by atomic mass is 9.87. The van der Waals surface area contributed by atoms with Crippen LogP contribution in [0.15, 0.2) is 71.7 Å². The molecule has 4 nitrogen and oxygen atoms in total. The summed E-state index contributed by atoms with van der Waals surface area (Å²) in [5, 5.41) is 7.93.